The molecule has 0 unspecified atom stereocenters. The first-order chi connectivity index (χ1) is 20.3. The van der Waals surface area contributed by atoms with Crippen molar-refractivity contribution in [3.8, 4) is 0 Å². The maximum Gasteiger partial charge on any atom is 0.256 e. The summed E-state index contributed by atoms with van der Waals surface area (Å²) in [6.45, 7) is 9.40. The summed E-state index contributed by atoms with van der Waals surface area (Å²) in [7, 11) is 0. The van der Waals surface area contributed by atoms with Crippen LogP contribution in [0.2, 0.25) is 0 Å². The molecular formula is C39H77N2+. The lowest BCUT2D eigenvalue weighted by Gasteiger charge is -2.07. The van der Waals surface area contributed by atoms with Gasteiger partial charge in [-0.1, -0.05) is 181 Å². The van der Waals surface area contributed by atoms with Gasteiger partial charge in [0.1, 0.15) is 12.4 Å². The van der Waals surface area contributed by atoms with Gasteiger partial charge in [0.2, 0.25) is 0 Å². The van der Waals surface area contributed by atoms with Crippen LogP contribution in [0.4, 0.5) is 0 Å². The molecule has 0 saturated heterocycles. The second-order valence-corrected chi connectivity index (χ2v) is 13.4. The van der Waals surface area contributed by atoms with Gasteiger partial charge in [0, 0.05) is 6.42 Å². The van der Waals surface area contributed by atoms with Crippen LogP contribution in [0.15, 0.2) is 12.4 Å². The monoisotopic (exact) mass is 574 g/mol. The number of hydrogen-bond acceptors (Lipinski definition) is 0. The molecule has 0 aromatic carbocycles. The first-order valence-corrected chi connectivity index (χ1v) is 19.4. The van der Waals surface area contributed by atoms with E-state index >= 15 is 0 Å². The number of aromatic nitrogens is 2. The normalized spacial score (nSPS) is 11.6. The molecule has 0 atom stereocenters. The SMILES string of the molecule is CCCCCCCCCCCCCCCCCCn1cc[n+](CCCCCCCCCCCCC)c1CCCCC. The minimum atomic E-state index is 1.23. The molecule has 0 spiro atoms. The van der Waals surface area contributed by atoms with Gasteiger partial charge in [0.15, 0.2) is 0 Å². The molecule has 0 N–H and O–H groups in total. The van der Waals surface area contributed by atoms with Gasteiger partial charge in [0.05, 0.1) is 13.1 Å². The van der Waals surface area contributed by atoms with Crippen molar-refractivity contribution in [1.82, 2.24) is 4.57 Å². The smallest absolute Gasteiger partial charge is 0.234 e. The quantitative estimate of drug-likeness (QED) is 0.0584. The number of unbranched alkanes of at least 4 members (excludes halogenated alkanes) is 27. The predicted molar refractivity (Wildman–Crippen MR) is 184 cm³/mol. The summed E-state index contributed by atoms with van der Waals surface area (Å²) in [4.78, 5) is 0. The molecule has 2 nitrogen and oxygen atoms in total. The zero-order chi connectivity index (χ0) is 29.5. The minimum absolute atomic E-state index is 1.23. The lowest BCUT2D eigenvalue weighted by atomic mass is 10.0. The topological polar surface area (TPSA) is 8.81 Å². The fourth-order valence-electron chi connectivity index (χ4n) is 6.50. The third-order valence-electron chi connectivity index (χ3n) is 9.35. The minimum Gasteiger partial charge on any atom is -0.234 e. The van der Waals surface area contributed by atoms with Crippen LogP contribution in [0, 0.1) is 0 Å². The third-order valence-corrected chi connectivity index (χ3v) is 9.35. The Labute approximate surface area is 259 Å². The number of rotatable bonds is 33. The fraction of sp³-hybridized carbons (Fsp3) is 0.923. The fourth-order valence-corrected chi connectivity index (χ4v) is 6.50. The zero-order valence-electron chi connectivity index (χ0n) is 28.9. The molecule has 0 aliphatic rings. The Bertz CT molecular complexity index is 634. The van der Waals surface area contributed by atoms with E-state index in [4.69, 9.17) is 0 Å². The van der Waals surface area contributed by atoms with Crippen molar-refractivity contribution >= 4 is 0 Å². The van der Waals surface area contributed by atoms with E-state index in [2.05, 4.69) is 42.3 Å². The van der Waals surface area contributed by atoms with Crippen LogP contribution < -0.4 is 4.57 Å². The Morgan fingerprint density at radius 3 is 1.17 bits per heavy atom. The van der Waals surface area contributed by atoms with Crippen LogP contribution in [0.3, 0.4) is 0 Å². The zero-order valence-corrected chi connectivity index (χ0v) is 28.9. The molecule has 1 aromatic heterocycles. The number of nitrogens with zero attached hydrogens (tertiary/aromatic N) is 2. The Morgan fingerprint density at radius 1 is 0.415 bits per heavy atom. The van der Waals surface area contributed by atoms with Gasteiger partial charge >= 0.3 is 0 Å². The third kappa shape index (κ3) is 23.4. The van der Waals surface area contributed by atoms with E-state index in [1.807, 2.05) is 0 Å². The molecule has 1 heterocycles. The van der Waals surface area contributed by atoms with Crippen molar-refractivity contribution in [2.24, 2.45) is 0 Å². The lowest BCUT2D eigenvalue weighted by molar-refractivity contribution is -0.704. The highest BCUT2D eigenvalue weighted by atomic mass is 15.1. The van der Waals surface area contributed by atoms with Crippen LogP contribution >= 0.6 is 0 Å². The Hall–Kier alpha value is -0.790. The Balaban J connectivity index is 2.10. The highest BCUT2D eigenvalue weighted by molar-refractivity contribution is 4.84. The van der Waals surface area contributed by atoms with E-state index in [1.54, 1.807) is 5.82 Å². The van der Waals surface area contributed by atoms with E-state index in [0.717, 1.165) is 0 Å². The highest BCUT2D eigenvalue weighted by Crippen LogP contribution is 2.15. The maximum absolute atomic E-state index is 2.61. The first kappa shape index (κ1) is 38.2. The van der Waals surface area contributed by atoms with Gasteiger partial charge in [-0.25, -0.2) is 9.13 Å². The number of imidazole rings is 1. The lowest BCUT2D eigenvalue weighted by Crippen LogP contribution is -2.37. The van der Waals surface area contributed by atoms with Crippen molar-refractivity contribution in [2.75, 3.05) is 0 Å². The molecule has 242 valence electrons. The molecule has 0 bridgehead atoms. The van der Waals surface area contributed by atoms with Crippen LogP contribution in [-0.4, -0.2) is 4.57 Å². The molecule has 0 aliphatic carbocycles. The van der Waals surface area contributed by atoms with Crippen molar-refractivity contribution < 1.29 is 4.57 Å². The molecule has 0 saturated carbocycles. The summed E-state index contributed by atoms with van der Waals surface area (Å²) in [5.41, 5.74) is 0. The highest BCUT2D eigenvalue weighted by Gasteiger charge is 2.16. The standard InChI is InChI=1S/C39H77N2/c1-4-7-10-12-14-16-18-19-20-21-22-24-26-28-30-33-36-41-38-37-40(39(41)34-31-9-6-3)35-32-29-27-25-23-17-15-13-11-8-5-2/h37-38H,4-36H2,1-3H3/q+1. The molecule has 1 rings (SSSR count). The van der Waals surface area contributed by atoms with E-state index in [-0.39, 0.29) is 0 Å². The van der Waals surface area contributed by atoms with Crippen molar-refractivity contribution in [2.45, 2.75) is 233 Å². The van der Waals surface area contributed by atoms with Crippen LogP contribution in [0.1, 0.15) is 219 Å². The van der Waals surface area contributed by atoms with Crippen LogP contribution in [0.25, 0.3) is 0 Å². The average Bonchev–Trinajstić information content (AvgIpc) is 3.37. The van der Waals surface area contributed by atoms with Crippen molar-refractivity contribution in [3.05, 3.63) is 18.2 Å². The summed E-state index contributed by atoms with van der Waals surface area (Å²) in [5, 5.41) is 0. The second kappa shape index (κ2) is 30.7. The average molecular weight is 574 g/mol. The molecule has 0 radical (unpaired) electrons. The number of hydrogen-bond donors (Lipinski definition) is 0. The maximum atomic E-state index is 2.61. The van der Waals surface area contributed by atoms with Gasteiger partial charge in [0.25, 0.3) is 5.82 Å². The summed E-state index contributed by atoms with van der Waals surface area (Å²) < 4.78 is 5.22. The molecule has 0 amide bonds. The van der Waals surface area contributed by atoms with E-state index in [1.165, 1.54) is 212 Å². The van der Waals surface area contributed by atoms with Crippen molar-refractivity contribution in [3.63, 3.8) is 0 Å². The van der Waals surface area contributed by atoms with Gasteiger partial charge < -0.3 is 0 Å². The molecule has 0 aliphatic heterocycles. The molecule has 2 heteroatoms. The van der Waals surface area contributed by atoms with Crippen LogP contribution in [0.5, 0.6) is 0 Å². The van der Waals surface area contributed by atoms with Crippen LogP contribution in [-0.2, 0) is 19.5 Å². The molecule has 0 fully saturated rings. The summed E-state index contributed by atoms with van der Waals surface area (Å²) in [6.07, 6.45) is 48.9. The Morgan fingerprint density at radius 2 is 0.756 bits per heavy atom. The first-order valence-electron chi connectivity index (χ1n) is 19.4. The predicted octanol–water partition coefficient (Wildman–Crippen LogP) is 13.1. The van der Waals surface area contributed by atoms with Crippen molar-refractivity contribution in [1.29, 1.82) is 0 Å². The molecule has 1 aromatic rings. The van der Waals surface area contributed by atoms with E-state index in [0.29, 0.717) is 0 Å². The van der Waals surface area contributed by atoms with Gasteiger partial charge in [-0.2, -0.15) is 0 Å². The van der Waals surface area contributed by atoms with Gasteiger partial charge in [-0.05, 0) is 32.1 Å². The summed E-state index contributed by atoms with van der Waals surface area (Å²) in [5.74, 6) is 1.60. The summed E-state index contributed by atoms with van der Waals surface area (Å²) in [6, 6.07) is 0. The Kier molecular flexibility index (Phi) is 28.6. The van der Waals surface area contributed by atoms with E-state index < -0.39 is 0 Å². The van der Waals surface area contributed by atoms with E-state index in [9.17, 15) is 0 Å². The molecule has 41 heavy (non-hydrogen) atoms. The van der Waals surface area contributed by atoms with Gasteiger partial charge in [-0.3, -0.25) is 0 Å². The second-order valence-electron chi connectivity index (χ2n) is 13.4. The largest absolute Gasteiger partial charge is 0.256 e. The number of aryl methyl sites for hydroxylation is 2. The van der Waals surface area contributed by atoms with Gasteiger partial charge in [-0.15, -0.1) is 0 Å². The molecular weight excluding hydrogens is 496 g/mol. The summed E-state index contributed by atoms with van der Waals surface area (Å²) >= 11 is 0.